The van der Waals surface area contributed by atoms with Gasteiger partial charge in [-0.15, -0.1) is 0 Å². The average molecular weight is 336 g/mol. The zero-order valence-corrected chi connectivity index (χ0v) is 13.2. The number of benzene rings is 1. The highest BCUT2D eigenvalue weighted by atomic mass is 35.5. The third-order valence-electron chi connectivity index (χ3n) is 2.38. The maximum absolute atomic E-state index is 12.9. The molecule has 1 aromatic carbocycles. The Hall–Kier alpha value is -1.69. The van der Waals surface area contributed by atoms with E-state index < -0.39 is 23.4 Å². The van der Waals surface area contributed by atoms with Crippen LogP contribution >= 0.6 is 11.6 Å². The zero-order valence-electron chi connectivity index (χ0n) is 12.4. The molecule has 0 aliphatic rings. The van der Waals surface area contributed by atoms with Crippen molar-refractivity contribution in [2.45, 2.75) is 32.5 Å². The smallest absolute Gasteiger partial charge is 0.417 e. The van der Waals surface area contributed by atoms with Gasteiger partial charge in [0.2, 0.25) is 0 Å². The number of amides is 1. The highest BCUT2D eigenvalue weighted by molar-refractivity contribution is 6.30. The Morgan fingerprint density at radius 2 is 1.95 bits per heavy atom. The Morgan fingerprint density at radius 1 is 1.32 bits per heavy atom. The second-order valence-electron chi connectivity index (χ2n) is 5.51. The number of hydrogen-bond acceptors (Lipinski definition) is 2. The summed E-state index contributed by atoms with van der Waals surface area (Å²) >= 11 is 5.59. The maximum Gasteiger partial charge on any atom is 0.417 e. The largest absolute Gasteiger partial charge is 0.444 e. The second kappa shape index (κ2) is 7.05. The normalized spacial score (nSPS) is 12.5. The number of rotatable bonds is 3. The molecule has 22 heavy (non-hydrogen) atoms. The topological polar surface area (TPSA) is 38.3 Å². The van der Waals surface area contributed by atoms with Gasteiger partial charge < -0.3 is 10.1 Å². The number of carbonyl (C=O) groups excluding carboxylic acids is 1. The van der Waals surface area contributed by atoms with Crippen molar-refractivity contribution in [3.8, 4) is 0 Å². The molecule has 0 saturated carbocycles. The summed E-state index contributed by atoms with van der Waals surface area (Å²) in [6.07, 6.45) is -2.45. The van der Waals surface area contributed by atoms with Crippen LogP contribution in [0.1, 0.15) is 31.9 Å². The van der Waals surface area contributed by atoms with Gasteiger partial charge in [0.1, 0.15) is 5.60 Å². The van der Waals surface area contributed by atoms with E-state index >= 15 is 0 Å². The number of nitrogens with one attached hydrogen (secondary N) is 1. The number of carbonyl (C=O) groups is 1. The Bertz CT molecular complexity index is 563. The molecular weight excluding hydrogens is 319 g/mol. The molecule has 0 unspecified atom stereocenters. The van der Waals surface area contributed by atoms with Crippen molar-refractivity contribution in [1.29, 1.82) is 0 Å². The van der Waals surface area contributed by atoms with E-state index in [-0.39, 0.29) is 17.1 Å². The maximum atomic E-state index is 12.9. The third-order valence-corrected chi connectivity index (χ3v) is 2.62. The lowest BCUT2D eigenvalue weighted by Gasteiger charge is -2.19. The first-order chi connectivity index (χ1) is 9.99. The van der Waals surface area contributed by atoms with Crippen LogP contribution in [0.5, 0.6) is 0 Å². The molecule has 0 aliphatic carbocycles. The summed E-state index contributed by atoms with van der Waals surface area (Å²) in [6, 6.07) is 3.51. The highest BCUT2D eigenvalue weighted by Gasteiger charge is 2.32. The predicted molar refractivity (Wildman–Crippen MR) is 79.7 cm³/mol. The van der Waals surface area contributed by atoms with E-state index in [1.54, 1.807) is 20.8 Å². The molecule has 1 rings (SSSR count). The third kappa shape index (κ3) is 6.39. The standard InChI is InChI=1S/C15H17ClF3NO2/c1-14(2,3)22-13(21)20-8-4-5-10-6-7-11(16)9-12(10)15(17,18)19/h4-7,9H,8H2,1-3H3,(H,20,21). The Labute approximate surface area is 132 Å². The molecule has 0 spiro atoms. The molecule has 0 bridgehead atoms. The van der Waals surface area contributed by atoms with Gasteiger partial charge in [-0.3, -0.25) is 0 Å². The second-order valence-corrected chi connectivity index (χ2v) is 5.95. The number of ether oxygens (including phenoxy) is 1. The van der Waals surface area contributed by atoms with Crippen molar-refractivity contribution < 1.29 is 22.7 Å². The van der Waals surface area contributed by atoms with Gasteiger partial charge in [0.25, 0.3) is 0 Å². The van der Waals surface area contributed by atoms with Crippen molar-refractivity contribution in [3.05, 3.63) is 40.4 Å². The van der Waals surface area contributed by atoms with Crippen LogP contribution in [0.4, 0.5) is 18.0 Å². The first-order valence-corrected chi connectivity index (χ1v) is 6.87. The summed E-state index contributed by atoms with van der Waals surface area (Å²) in [6.45, 7) is 5.19. The van der Waals surface area contributed by atoms with Crippen LogP contribution in [-0.2, 0) is 10.9 Å². The molecule has 122 valence electrons. The fourth-order valence-corrected chi connectivity index (χ4v) is 1.73. The zero-order chi connectivity index (χ0) is 17.0. The molecule has 0 aliphatic heterocycles. The van der Waals surface area contributed by atoms with E-state index in [9.17, 15) is 18.0 Å². The number of alkyl halides is 3. The van der Waals surface area contributed by atoms with Crippen LogP contribution in [-0.4, -0.2) is 18.2 Å². The number of halogens is 4. The SMILES string of the molecule is CC(C)(C)OC(=O)NCC=Cc1ccc(Cl)cc1C(F)(F)F. The minimum absolute atomic E-state index is 0.0105. The summed E-state index contributed by atoms with van der Waals surface area (Å²) < 4.78 is 43.6. The van der Waals surface area contributed by atoms with E-state index in [0.717, 1.165) is 6.07 Å². The molecule has 0 aromatic heterocycles. The van der Waals surface area contributed by atoms with Gasteiger partial charge in [-0.25, -0.2) is 4.79 Å². The van der Waals surface area contributed by atoms with Crippen LogP contribution in [0.25, 0.3) is 6.08 Å². The lowest BCUT2D eigenvalue weighted by atomic mass is 10.1. The quantitative estimate of drug-likeness (QED) is 0.853. The highest BCUT2D eigenvalue weighted by Crippen LogP contribution is 2.34. The minimum Gasteiger partial charge on any atom is -0.444 e. The number of alkyl carbamates (subject to hydrolysis) is 1. The fraction of sp³-hybridized carbons (Fsp3) is 0.400. The minimum atomic E-state index is -4.50. The van der Waals surface area contributed by atoms with Crippen molar-refractivity contribution in [2.24, 2.45) is 0 Å². The first-order valence-electron chi connectivity index (χ1n) is 6.49. The van der Waals surface area contributed by atoms with E-state index in [1.165, 1.54) is 24.3 Å². The lowest BCUT2D eigenvalue weighted by molar-refractivity contribution is -0.137. The molecule has 0 heterocycles. The summed E-state index contributed by atoms with van der Waals surface area (Å²) in [7, 11) is 0. The molecule has 3 nitrogen and oxygen atoms in total. The van der Waals surface area contributed by atoms with Crippen LogP contribution in [0, 0.1) is 0 Å². The molecule has 7 heteroatoms. The van der Waals surface area contributed by atoms with Gasteiger partial charge in [0, 0.05) is 11.6 Å². The van der Waals surface area contributed by atoms with Gasteiger partial charge in [-0.05, 0) is 38.5 Å². The van der Waals surface area contributed by atoms with Gasteiger partial charge in [-0.1, -0.05) is 29.8 Å². The fourth-order valence-electron chi connectivity index (χ4n) is 1.56. The van der Waals surface area contributed by atoms with Crippen LogP contribution in [0.2, 0.25) is 5.02 Å². The molecule has 1 amide bonds. The van der Waals surface area contributed by atoms with Gasteiger partial charge in [0.15, 0.2) is 0 Å². The van der Waals surface area contributed by atoms with E-state index in [0.29, 0.717) is 0 Å². The van der Waals surface area contributed by atoms with Crippen molar-refractivity contribution >= 4 is 23.8 Å². The van der Waals surface area contributed by atoms with Gasteiger partial charge in [0.05, 0.1) is 5.56 Å². The van der Waals surface area contributed by atoms with Crippen molar-refractivity contribution in [1.82, 2.24) is 5.32 Å². The van der Waals surface area contributed by atoms with E-state index in [2.05, 4.69) is 5.32 Å². The molecule has 0 atom stereocenters. The number of hydrogen-bond donors (Lipinski definition) is 1. The Balaban J connectivity index is 2.70. The van der Waals surface area contributed by atoms with Crippen LogP contribution in [0.15, 0.2) is 24.3 Å². The summed E-state index contributed by atoms with van der Waals surface area (Å²) in [5.74, 6) is 0. The molecule has 0 fully saturated rings. The van der Waals surface area contributed by atoms with Crippen molar-refractivity contribution in [3.63, 3.8) is 0 Å². The molecule has 0 saturated heterocycles. The predicted octanol–water partition coefficient (Wildman–Crippen LogP) is 4.90. The molecule has 0 radical (unpaired) electrons. The Kier molecular flexibility index (Phi) is 5.88. The monoisotopic (exact) mass is 335 g/mol. The van der Waals surface area contributed by atoms with Gasteiger partial charge in [-0.2, -0.15) is 13.2 Å². The summed E-state index contributed by atoms with van der Waals surface area (Å²) in [5, 5.41) is 2.43. The first kappa shape index (κ1) is 18.4. The molecular formula is C15H17ClF3NO2. The van der Waals surface area contributed by atoms with E-state index in [1.807, 2.05) is 0 Å². The van der Waals surface area contributed by atoms with Crippen LogP contribution < -0.4 is 5.32 Å². The summed E-state index contributed by atoms with van der Waals surface area (Å²) in [5.41, 5.74) is -1.48. The average Bonchev–Trinajstić information content (AvgIpc) is 2.32. The Morgan fingerprint density at radius 3 is 2.50 bits per heavy atom. The van der Waals surface area contributed by atoms with Crippen molar-refractivity contribution in [2.75, 3.05) is 6.54 Å². The lowest BCUT2D eigenvalue weighted by Crippen LogP contribution is -2.32. The van der Waals surface area contributed by atoms with E-state index in [4.69, 9.17) is 16.3 Å². The summed E-state index contributed by atoms with van der Waals surface area (Å²) in [4.78, 5) is 11.4. The van der Waals surface area contributed by atoms with Gasteiger partial charge >= 0.3 is 12.3 Å². The van der Waals surface area contributed by atoms with Crippen LogP contribution in [0.3, 0.4) is 0 Å². The molecule has 1 N–H and O–H groups in total. The molecule has 1 aromatic rings.